The van der Waals surface area contributed by atoms with Gasteiger partial charge in [0.1, 0.15) is 0 Å². The summed E-state index contributed by atoms with van der Waals surface area (Å²) in [6, 6.07) is 0.735. The van der Waals surface area contributed by atoms with Crippen LogP contribution < -0.4 is 5.73 Å². The van der Waals surface area contributed by atoms with Crippen molar-refractivity contribution in [3.8, 4) is 0 Å². The standard InChI is InChI=1S/C13H27N3/c1-11-4-6-13(8-11,10-14)16-7-5-12(9-16)15(2)3/h11-12H,4-10,14H2,1-3H3. The van der Waals surface area contributed by atoms with Crippen LogP contribution in [0.15, 0.2) is 0 Å². The number of rotatable bonds is 3. The molecule has 1 saturated carbocycles. The minimum absolute atomic E-state index is 0.337. The summed E-state index contributed by atoms with van der Waals surface area (Å²) < 4.78 is 0. The highest BCUT2D eigenvalue weighted by Gasteiger charge is 2.44. The van der Waals surface area contributed by atoms with E-state index in [0.29, 0.717) is 5.54 Å². The molecule has 0 bridgehead atoms. The van der Waals surface area contributed by atoms with Crippen LogP contribution in [0.1, 0.15) is 32.6 Å². The van der Waals surface area contributed by atoms with E-state index in [2.05, 4.69) is 30.8 Å². The molecule has 0 amide bonds. The number of likely N-dealkylation sites (N-methyl/N-ethyl adjacent to an activating group) is 1. The summed E-state index contributed by atoms with van der Waals surface area (Å²) in [4.78, 5) is 5.05. The average Bonchev–Trinajstić information content (AvgIpc) is 2.84. The van der Waals surface area contributed by atoms with Crippen molar-refractivity contribution in [2.45, 2.75) is 44.2 Å². The van der Waals surface area contributed by atoms with E-state index in [4.69, 9.17) is 5.73 Å². The van der Waals surface area contributed by atoms with Crippen LogP contribution in [0.4, 0.5) is 0 Å². The van der Waals surface area contributed by atoms with Gasteiger partial charge in [-0.2, -0.15) is 0 Å². The van der Waals surface area contributed by atoms with Crippen molar-refractivity contribution in [3.63, 3.8) is 0 Å². The largest absolute Gasteiger partial charge is 0.329 e. The molecule has 0 aromatic heterocycles. The minimum atomic E-state index is 0.337. The number of hydrogen-bond donors (Lipinski definition) is 1. The topological polar surface area (TPSA) is 32.5 Å². The van der Waals surface area contributed by atoms with Crippen LogP contribution in [0.25, 0.3) is 0 Å². The molecule has 0 aromatic rings. The first-order chi connectivity index (χ1) is 7.57. The lowest BCUT2D eigenvalue weighted by atomic mass is 9.94. The zero-order valence-corrected chi connectivity index (χ0v) is 11.1. The molecule has 16 heavy (non-hydrogen) atoms. The maximum atomic E-state index is 6.08. The van der Waals surface area contributed by atoms with Gasteiger partial charge in [-0.1, -0.05) is 6.92 Å². The van der Waals surface area contributed by atoms with Crippen LogP contribution in [0.3, 0.4) is 0 Å². The fourth-order valence-corrected chi connectivity index (χ4v) is 3.56. The van der Waals surface area contributed by atoms with E-state index in [1.165, 1.54) is 38.8 Å². The molecule has 3 nitrogen and oxygen atoms in total. The van der Waals surface area contributed by atoms with E-state index in [-0.39, 0.29) is 0 Å². The van der Waals surface area contributed by atoms with E-state index in [1.807, 2.05) is 0 Å². The van der Waals surface area contributed by atoms with Crippen molar-refractivity contribution in [1.29, 1.82) is 0 Å². The molecule has 3 atom stereocenters. The van der Waals surface area contributed by atoms with E-state index in [9.17, 15) is 0 Å². The van der Waals surface area contributed by atoms with Crippen molar-refractivity contribution < 1.29 is 0 Å². The number of nitrogens with zero attached hydrogens (tertiary/aromatic N) is 2. The van der Waals surface area contributed by atoms with E-state index in [1.54, 1.807) is 0 Å². The Morgan fingerprint density at radius 3 is 2.56 bits per heavy atom. The molecule has 2 rings (SSSR count). The first kappa shape index (κ1) is 12.3. The summed E-state index contributed by atoms with van der Waals surface area (Å²) in [6.45, 7) is 5.68. The third kappa shape index (κ3) is 2.13. The van der Waals surface area contributed by atoms with Gasteiger partial charge in [0, 0.05) is 31.2 Å². The van der Waals surface area contributed by atoms with Gasteiger partial charge in [-0.15, -0.1) is 0 Å². The lowest BCUT2D eigenvalue weighted by Crippen LogP contribution is -2.52. The summed E-state index contributed by atoms with van der Waals surface area (Å²) >= 11 is 0. The van der Waals surface area contributed by atoms with Gasteiger partial charge in [-0.25, -0.2) is 0 Å². The molecule has 2 N–H and O–H groups in total. The van der Waals surface area contributed by atoms with Crippen LogP contribution in [-0.2, 0) is 0 Å². The molecule has 1 aliphatic heterocycles. The van der Waals surface area contributed by atoms with Crippen LogP contribution in [-0.4, -0.2) is 55.1 Å². The second kappa shape index (κ2) is 4.63. The SMILES string of the molecule is CC1CCC(CN)(N2CCC(N(C)C)C2)C1. The Balaban J connectivity index is 2.01. The monoisotopic (exact) mass is 225 g/mol. The molecule has 0 spiro atoms. The van der Waals surface area contributed by atoms with Gasteiger partial charge in [0.05, 0.1) is 0 Å². The molecule has 1 heterocycles. The molecule has 94 valence electrons. The van der Waals surface area contributed by atoms with Crippen molar-refractivity contribution in [2.75, 3.05) is 33.7 Å². The third-order valence-corrected chi connectivity index (χ3v) is 4.78. The normalized spacial score (nSPS) is 41.1. The number of hydrogen-bond acceptors (Lipinski definition) is 3. The summed E-state index contributed by atoms with van der Waals surface area (Å²) in [7, 11) is 4.39. The van der Waals surface area contributed by atoms with Gasteiger partial charge in [-0.05, 0) is 45.7 Å². The summed E-state index contributed by atoms with van der Waals surface area (Å²) in [6.07, 6.45) is 5.29. The van der Waals surface area contributed by atoms with Gasteiger partial charge < -0.3 is 10.6 Å². The molecule has 3 unspecified atom stereocenters. The van der Waals surface area contributed by atoms with Crippen molar-refractivity contribution in [3.05, 3.63) is 0 Å². The first-order valence-corrected chi connectivity index (χ1v) is 6.69. The lowest BCUT2D eigenvalue weighted by molar-refractivity contribution is 0.116. The van der Waals surface area contributed by atoms with Crippen LogP contribution >= 0.6 is 0 Å². The Morgan fingerprint density at radius 2 is 2.12 bits per heavy atom. The smallest absolute Gasteiger partial charge is 0.0335 e. The van der Waals surface area contributed by atoms with Crippen molar-refractivity contribution in [2.24, 2.45) is 11.7 Å². The van der Waals surface area contributed by atoms with Gasteiger partial charge in [-0.3, -0.25) is 4.90 Å². The molecular weight excluding hydrogens is 198 g/mol. The maximum absolute atomic E-state index is 6.08. The Hall–Kier alpha value is -0.120. The molecule has 2 aliphatic rings. The number of nitrogens with two attached hydrogens (primary N) is 1. The van der Waals surface area contributed by atoms with Gasteiger partial charge in [0.25, 0.3) is 0 Å². The van der Waals surface area contributed by atoms with Gasteiger partial charge in [0.15, 0.2) is 0 Å². The molecule has 2 fully saturated rings. The highest BCUT2D eigenvalue weighted by atomic mass is 15.3. The van der Waals surface area contributed by atoms with E-state index < -0.39 is 0 Å². The molecule has 0 aromatic carbocycles. The Kier molecular flexibility index (Phi) is 3.57. The van der Waals surface area contributed by atoms with Crippen LogP contribution in [0.5, 0.6) is 0 Å². The highest BCUT2D eigenvalue weighted by Crippen LogP contribution is 2.40. The fraction of sp³-hybridized carbons (Fsp3) is 1.00. The first-order valence-electron chi connectivity index (χ1n) is 6.69. The second-order valence-corrected chi connectivity index (χ2v) is 6.13. The maximum Gasteiger partial charge on any atom is 0.0335 e. The minimum Gasteiger partial charge on any atom is -0.329 e. The lowest BCUT2D eigenvalue weighted by Gasteiger charge is -2.38. The Labute approximate surface area is 100.0 Å². The van der Waals surface area contributed by atoms with Gasteiger partial charge in [0.2, 0.25) is 0 Å². The van der Waals surface area contributed by atoms with Crippen LogP contribution in [0.2, 0.25) is 0 Å². The predicted octanol–water partition coefficient (Wildman–Crippen LogP) is 1.14. The Morgan fingerprint density at radius 1 is 1.38 bits per heavy atom. The Bertz CT molecular complexity index is 241. The second-order valence-electron chi connectivity index (χ2n) is 6.13. The zero-order valence-electron chi connectivity index (χ0n) is 11.1. The fourth-order valence-electron chi connectivity index (χ4n) is 3.56. The number of likely N-dealkylation sites (tertiary alicyclic amines) is 1. The zero-order chi connectivity index (χ0) is 11.8. The van der Waals surface area contributed by atoms with Crippen LogP contribution in [0, 0.1) is 5.92 Å². The molecule has 1 aliphatic carbocycles. The summed E-state index contributed by atoms with van der Waals surface area (Å²) in [5.41, 5.74) is 6.41. The summed E-state index contributed by atoms with van der Waals surface area (Å²) in [5, 5.41) is 0. The van der Waals surface area contributed by atoms with E-state index in [0.717, 1.165) is 18.5 Å². The molecule has 0 radical (unpaired) electrons. The van der Waals surface area contributed by atoms with E-state index >= 15 is 0 Å². The summed E-state index contributed by atoms with van der Waals surface area (Å²) in [5.74, 6) is 0.863. The predicted molar refractivity (Wildman–Crippen MR) is 68.5 cm³/mol. The highest BCUT2D eigenvalue weighted by molar-refractivity contribution is 5.01. The quantitative estimate of drug-likeness (QED) is 0.782. The average molecular weight is 225 g/mol. The van der Waals surface area contributed by atoms with Crippen molar-refractivity contribution >= 4 is 0 Å². The van der Waals surface area contributed by atoms with Crippen molar-refractivity contribution in [1.82, 2.24) is 9.80 Å². The van der Waals surface area contributed by atoms with Gasteiger partial charge >= 0.3 is 0 Å². The molecule has 1 saturated heterocycles. The third-order valence-electron chi connectivity index (χ3n) is 4.78. The molecular formula is C13H27N3. The molecule has 3 heteroatoms.